The molecule has 0 aliphatic rings. The van der Waals surface area contributed by atoms with Crippen molar-refractivity contribution in [3.8, 4) is 0 Å². The fourth-order valence-corrected chi connectivity index (χ4v) is 2.28. The fourth-order valence-electron chi connectivity index (χ4n) is 2.28. The molecule has 104 valence electrons. The van der Waals surface area contributed by atoms with Gasteiger partial charge in [-0.05, 0) is 36.7 Å². The number of hydrogen-bond donors (Lipinski definition) is 2. The third-order valence-corrected chi connectivity index (χ3v) is 3.39. The van der Waals surface area contributed by atoms with Crippen molar-refractivity contribution in [1.82, 2.24) is 4.90 Å². The van der Waals surface area contributed by atoms with Crippen LogP contribution in [0.4, 0.5) is 0 Å². The number of nitrogen functional groups attached to an aromatic ring is 1. The highest BCUT2D eigenvalue weighted by Crippen LogP contribution is 2.12. The molecule has 0 bridgehead atoms. The monoisotopic (exact) mass is 267 g/mol. The highest BCUT2D eigenvalue weighted by Gasteiger charge is 2.05. The Morgan fingerprint density at radius 3 is 2.55 bits per heavy atom. The lowest BCUT2D eigenvalue weighted by molar-refractivity contribution is 0.318. The molecule has 3 heteroatoms. The van der Waals surface area contributed by atoms with Crippen molar-refractivity contribution in [2.24, 2.45) is 5.73 Å². The lowest BCUT2D eigenvalue weighted by Gasteiger charge is -2.18. The molecule has 0 saturated carbocycles. The molecule has 0 fully saturated rings. The van der Waals surface area contributed by atoms with E-state index in [4.69, 9.17) is 11.1 Å². The van der Waals surface area contributed by atoms with Gasteiger partial charge in [0.25, 0.3) is 0 Å². The third-order valence-electron chi connectivity index (χ3n) is 3.39. The number of rotatable bonds is 5. The molecule has 3 N–H and O–H groups in total. The number of nitrogens with two attached hydrogens (primary N) is 1. The summed E-state index contributed by atoms with van der Waals surface area (Å²) >= 11 is 0. The molecule has 2 aromatic carbocycles. The number of aryl methyl sites for hydroxylation is 1. The van der Waals surface area contributed by atoms with E-state index in [-0.39, 0.29) is 5.84 Å². The minimum absolute atomic E-state index is 0.119. The minimum atomic E-state index is 0.119. The van der Waals surface area contributed by atoms with Crippen molar-refractivity contribution in [1.29, 1.82) is 5.41 Å². The number of amidine groups is 1. The summed E-state index contributed by atoms with van der Waals surface area (Å²) in [5.41, 5.74) is 10.1. The van der Waals surface area contributed by atoms with Crippen molar-refractivity contribution in [2.75, 3.05) is 7.05 Å². The van der Waals surface area contributed by atoms with Gasteiger partial charge >= 0.3 is 0 Å². The van der Waals surface area contributed by atoms with Gasteiger partial charge in [0.15, 0.2) is 0 Å². The predicted octanol–water partition coefficient (Wildman–Crippen LogP) is 2.91. The molecule has 0 heterocycles. The van der Waals surface area contributed by atoms with Gasteiger partial charge in [-0.15, -0.1) is 0 Å². The maximum absolute atomic E-state index is 7.49. The summed E-state index contributed by atoms with van der Waals surface area (Å²) in [4.78, 5) is 2.27. The topological polar surface area (TPSA) is 53.1 Å². The van der Waals surface area contributed by atoms with Gasteiger partial charge in [0, 0.05) is 18.7 Å². The van der Waals surface area contributed by atoms with Gasteiger partial charge in [0.2, 0.25) is 0 Å². The highest BCUT2D eigenvalue weighted by molar-refractivity contribution is 5.95. The second-order valence-electron chi connectivity index (χ2n) is 5.21. The fraction of sp³-hybridized carbons (Fsp3) is 0.235. The summed E-state index contributed by atoms with van der Waals surface area (Å²) in [5, 5.41) is 7.49. The average Bonchev–Trinajstić information content (AvgIpc) is 2.41. The van der Waals surface area contributed by atoms with Gasteiger partial charge in [-0.3, -0.25) is 10.3 Å². The quantitative estimate of drug-likeness (QED) is 0.646. The molecule has 0 unspecified atom stereocenters. The molecule has 0 atom stereocenters. The molecule has 0 amide bonds. The molecule has 0 aromatic heterocycles. The second kappa shape index (κ2) is 6.35. The van der Waals surface area contributed by atoms with Crippen LogP contribution in [0, 0.1) is 12.3 Å². The first kappa shape index (κ1) is 14.3. The van der Waals surface area contributed by atoms with Crippen molar-refractivity contribution in [3.63, 3.8) is 0 Å². The molecule has 0 aliphatic carbocycles. The molecule has 20 heavy (non-hydrogen) atoms. The summed E-state index contributed by atoms with van der Waals surface area (Å²) in [6, 6.07) is 16.3. The SMILES string of the molecule is Cc1ccccc1CN(C)Cc1cccc(C(=N)N)c1. The van der Waals surface area contributed by atoms with Crippen molar-refractivity contribution < 1.29 is 0 Å². The second-order valence-corrected chi connectivity index (χ2v) is 5.21. The Labute approximate surface area is 120 Å². The van der Waals surface area contributed by atoms with Crippen LogP contribution in [0.2, 0.25) is 0 Å². The van der Waals surface area contributed by atoms with Crippen LogP contribution in [-0.2, 0) is 13.1 Å². The minimum Gasteiger partial charge on any atom is -0.384 e. The standard InChI is InChI=1S/C17H21N3/c1-13-6-3-4-8-16(13)12-20(2)11-14-7-5-9-15(10-14)17(18)19/h3-10H,11-12H2,1-2H3,(H3,18,19). The molecular formula is C17H21N3. The maximum Gasteiger partial charge on any atom is 0.122 e. The number of nitrogens with one attached hydrogen (secondary N) is 1. The Morgan fingerprint density at radius 1 is 1.10 bits per heavy atom. The van der Waals surface area contributed by atoms with Gasteiger partial charge in [-0.1, -0.05) is 42.5 Å². The zero-order valence-electron chi connectivity index (χ0n) is 12.1. The van der Waals surface area contributed by atoms with Crippen LogP contribution < -0.4 is 5.73 Å². The largest absolute Gasteiger partial charge is 0.384 e. The lowest BCUT2D eigenvalue weighted by Crippen LogP contribution is -2.18. The van der Waals surface area contributed by atoms with Crippen LogP contribution >= 0.6 is 0 Å². The Bertz CT molecular complexity index is 605. The van der Waals surface area contributed by atoms with E-state index in [2.05, 4.69) is 49.2 Å². The lowest BCUT2D eigenvalue weighted by atomic mass is 10.1. The smallest absolute Gasteiger partial charge is 0.122 e. The Kier molecular flexibility index (Phi) is 4.53. The zero-order valence-corrected chi connectivity index (χ0v) is 12.1. The van der Waals surface area contributed by atoms with E-state index in [0.29, 0.717) is 0 Å². The summed E-state index contributed by atoms with van der Waals surface area (Å²) in [6.07, 6.45) is 0. The molecule has 0 spiro atoms. The van der Waals surface area contributed by atoms with Gasteiger partial charge < -0.3 is 5.73 Å². The zero-order chi connectivity index (χ0) is 14.5. The van der Waals surface area contributed by atoms with E-state index in [0.717, 1.165) is 18.7 Å². The van der Waals surface area contributed by atoms with Crippen LogP contribution in [-0.4, -0.2) is 17.8 Å². The summed E-state index contributed by atoms with van der Waals surface area (Å²) in [5.74, 6) is 0.119. The molecule has 2 rings (SSSR count). The van der Waals surface area contributed by atoms with Gasteiger partial charge in [0.05, 0.1) is 0 Å². The molecule has 3 nitrogen and oxygen atoms in total. The van der Waals surface area contributed by atoms with E-state index >= 15 is 0 Å². The molecule has 0 radical (unpaired) electrons. The molecule has 0 aliphatic heterocycles. The first-order valence-corrected chi connectivity index (χ1v) is 6.72. The highest BCUT2D eigenvalue weighted by atomic mass is 15.1. The third kappa shape index (κ3) is 3.68. The van der Waals surface area contributed by atoms with Gasteiger partial charge in [-0.25, -0.2) is 0 Å². The Hall–Kier alpha value is -2.13. The Morgan fingerprint density at radius 2 is 1.85 bits per heavy atom. The number of hydrogen-bond acceptors (Lipinski definition) is 2. The summed E-state index contributed by atoms with van der Waals surface area (Å²) < 4.78 is 0. The number of benzene rings is 2. The van der Waals surface area contributed by atoms with Crippen LogP contribution in [0.5, 0.6) is 0 Å². The van der Waals surface area contributed by atoms with Crippen LogP contribution in [0.15, 0.2) is 48.5 Å². The first-order chi connectivity index (χ1) is 9.56. The van der Waals surface area contributed by atoms with E-state index in [9.17, 15) is 0 Å². The Balaban J connectivity index is 2.05. The average molecular weight is 267 g/mol. The van der Waals surface area contributed by atoms with E-state index in [1.54, 1.807) is 0 Å². The molecule has 2 aromatic rings. The maximum atomic E-state index is 7.49. The van der Waals surface area contributed by atoms with E-state index in [1.165, 1.54) is 16.7 Å². The van der Waals surface area contributed by atoms with Crippen LogP contribution in [0.1, 0.15) is 22.3 Å². The molecule has 0 saturated heterocycles. The van der Waals surface area contributed by atoms with Crippen LogP contribution in [0.3, 0.4) is 0 Å². The van der Waals surface area contributed by atoms with E-state index < -0.39 is 0 Å². The predicted molar refractivity (Wildman–Crippen MR) is 83.8 cm³/mol. The van der Waals surface area contributed by atoms with Gasteiger partial charge in [0.1, 0.15) is 5.84 Å². The van der Waals surface area contributed by atoms with Crippen LogP contribution in [0.25, 0.3) is 0 Å². The summed E-state index contributed by atoms with van der Waals surface area (Å²) in [6.45, 7) is 3.89. The van der Waals surface area contributed by atoms with E-state index in [1.807, 2.05) is 18.2 Å². The first-order valence-electron chi connectivity index (χ1n) is 6.72. The van der Waals surface area contributed by atoms with Crippen molar-refractivity contribution in [3.05, 3.63) is 70.8 Å². The summed E-state index contributed by atoms with van der Waals surface area (Å²) in [7, 11) is 2.10. The molecular weight excluding hydrogens is 246 g/mol. The van der Waals surface area contributed by atoms with Crippen molar-refractivity contribution >= 4 is 5.84 Å². The normalized spacial score (nSPS) is 10.8. The number of nitrogens with zero attached hydrogens (tertiary/aromatic N) is 1. The van der Waals surface area contributed by atoms with Crippen molar-refractivity contribution in [2.45, 2.75) is 20.0 Å². The van der Waals surface area contributed by atoms with Gasteiger partial charge in [-0.2, -0.15) is 0 Å².